The molecule has 2 aromatic carbocycles. The van der Waals surface area contributed by atoms with Gasteiger partial charge in [0.05, 0.1) is 10.6 Å². The Morgan fingerprint density at radius 3 is 2.75 bits per heavy atom. The van der Waals surface area contributed by atoms with Gasteiger partial charge in [-0.3, -0.25) is 9.59 Å². The molecule has 0 bridgehead atoms. The van der Waals surface area contributed by atoms with Crippen molar-refractivity contribution in [3.8, 4) is 11.5 Å². The van der Waals surface area contributed by atoms with Gasteiger partial charge in [0.15, 0.2) is 11.5 Å². The van der Waals surface area contributed by atoms with E-state index in [1.807, 2.05) is 6.07 Å². The molecule has 1 unspecified atom stereocenters. The van der Waals surface area contributed by atoms with E-state index in [0.717, 1.165) is 19.3 Å². The molecule has 2 amide bonds. The van der Waals surface area contributed by atoms with Crippen molar-refractivity contribution in [2.45, 2.75) is 26.2 Å². The Bertz CT molecular complexity index is 1220. The second-order valence-corrected chi connectivity index (χ2v) is 9.21. The lowest BCUT2D eigenvalue weighted by atomic mass is 9.90. The first-order chi connectivity index (χ1) is 15.5. The maximum atomic E-state index is 14.4. The summed E-state index contributed by atoms with van der Waals surface area (Å²) in [4.78, 5) is 27.2. The molecule has 0 saturated heterocycles. The SMILES string of the molecule is CC1CCc2sc(C(=O)Nc3cc(NC(=O)c4ccc5c(c4)OCO5)ccc3F)cc2C1. The molecule has 6 nitrogen and oxygen atoms in total. The van der Waals surface area contributed by atoms with Gasteiger partial charge in [-0.2, -0.15) is 0 Å². The number of benzene rings is 2. The first-order valence-corrected chi connectivity index (χ1v) is 11.2. The number of halogens is 1. The fraction of sp³-hybridized carbons (Fsp3) is 0.250. The van der Waals surface area contributed by atoms with E-state index < -0.39 is 5.82 Å². The second-order valence-electron chi connectivity index (χ2n) is 8.08. The molecule has 0 fully saturated rings. The van der Waals surface area contributed by atoms with Gasteiger partial charge in [0.2, 0.25) is 6.79 Å². The summed E-state index contributed by atoms with van der Waals surface area (Å²) in [5.41, 5.74) is 1.97. The standard InChI is InChI=1S/C24H21FN2O4S/c1-13-2-7-21-15(8-13)10-22(32-21)24(29)27-18-11-16(4-5-17(18)25)26-23(28)14-3-6-19-20(9-14)31-12-30-19/h3-6,9-11,13H,2,7-8,12H2,1H3,(H,26,28)(H,27,29). The molecule has 5 rings (SSSR count). The summed E-state index contributed by atoms with van der Waals surface area (Å²) in [6, 6.07) is 10.8. The first-order valence-electron chi connectivity index (χ1n) is 10.4. The van der Waals surface area contributed by atoms with Gasteiger partial charge in [0.1, 0.15) is 5.82 Å². The number of hydrogen-bond donors (Lipinski definition) is 2. The van der Waals surface area contributed by atoms with Crippen LogP contribution >= 0.6 is 11.3 Å². The third-order valence-electron chi connectivity index (χ3n) is 5.66. The monoisotopic (exact) mass is 452 g/mol. The van der Waals surface area contributed by atoms with Gasteiger partial charge >= 0.3 is 0 Å². The highest BCUT2D eigenvalue weighted by atomic mass is 32.1. The number of carbonyl (C=O) groups is 2. The predicted octanol–water partition coefficient (Wildman–Crippen LogP) is 5.25. The highest BCUT2D eigenvalue weighted by Gasteiger charge is 2.22. The smallest absolute Gasteiger partial charge is 0.265 e. The van der Waals surface area contributed by atoms with Crippen molar-refractivity contribution < 1.29 is 23.5 Å². The zero-order valence-corrected chi connectivity index (χ0v) is 18.2. The zero-order chi connectivity index (χ0) is 22.2. The third kappa shape index (κ3) is 4.05. The van der Waals surface area contributed by atoms with Gasteiger partial charge in [-0.1, -0.05) is 6.92 Å². The highest BCUT2D eigenvalue weighted by Crippen LogP contribution is 2.34. The van der Waals surface area contributed by atoms with Crippen molar-refractivity contribution in [1.82, 2.24) is 0 Å². The maximum absolute atomic E-state index is 14.4. The van der Waals surface area contributed by atoms with Crippen molar-refractivity contribution >= 4 is 34.5 Å². The van der Waals surface area contributed by atoms with Crippen molar-refractivity contribution in [3.63, 3.8) is 0 Å². The normalized spacial score (nSPS) is 16.4. The van der Waals surface area contributed by atoms with E-state index in [2.05, 4.69) is 17.6 Å². The Balaban J connectivity index is 1.30. The molecule has 32 heavy (non-hydrogen) atoms. The summed E-state index contributed by atoms with van der Waals surface area (Å²) in [5.74, 6) is 0.378. The number of rotatable bonds is 4. The molecule has 0 saturated carbocycles. The molecule has 3 aromatic rings. The first kappa shape index (κ1) is 20.5. The van der Waals surface area contributed by atoms with Gasteiger partial charge in [-0.25, -0.2) is 4.39 Å². The summed E-state index contributed by atoms with van der Waals surface area (Å²) in [6.07, 6.45) is 3.06. The number of aryl methyl sites for hydroxylation is 1. The van der Waals surface area contributed by atoms with E-state index in [9.17, 15) is 14.0 Å². The van der Waals surface area contributed by atoms with E-state index in [1.165, 1.54) is 40.0 Å². The molecule has 2 aliphatic rings. The van der Waals surface area contributed by atoms with E-state index in [-0.39, 0.29) is 24.3 Å². The minimum absolute atomic E-state index is 0.0122. The summed E-state index contributed by atoms with van der Waals surface area (Å²) < 4.78 is 24.9. The van der Waals surface area contributed by atoms with Crippen molar-refractivity contribution in [3.05, 3.63) is 69.2 Å². The van der Waals surface area contributed by atoms with Crippen LogP contribution in [0.4, 0.5) is 15.8 Å². The maximum Gasteiger partial charge on any atom is 0.265 e. The van der Waals surface area contributed by atoms with Gasteiger partial charge in [-0.05, 0) is 73.2 Å². The van der Waals surface area contributed by atoms with Crippen LogP contribution in [0.1, 0.15) is 43.8 Å². The van der Waals surface area contributed by atoms with Crippen molar-refractivity contribution in [2.24, 2.45) is 5.92 Å². The molecule has 1 aliphatic heterocycles. The Hall–Kier alpha value is -3.39. The van der Waals surface area contributed by atoms with Crippen LogP contribution in [0.15, 0.2) is 42.5 Å². The molecule has 1 atom stereocenters. The van der Waals surface area contributed by atoms with Gasteiger partial charge in [-0.15, -0.1) is 11.3 Å². The Morgan fingerprint density at radius 1 is 1.03 bits per heavy atom. The van der Waals surface area contributed by atoms with Gasteiger partial charge in [0.25, 0.3) is 11.8 Å². The van der Waals surface area contributed by atoms with Crippen LogP contribution in [0.3, 0.4) is 0 Å². The van der Waals surface area contributed by atoms with Gasteiger partial charge < -0.3 is 20.1 Å². The molecule has 1 aliphatic carbocycles. The second kappa shape index (κ2) is 8.27. The Kier molecular flexibility index (Phi) is 5.30. The largest absolute Gasteiger partial charge is 0.454 e. The van der Waals surface area contributed by atoms with E-state index in [0.29, 0.717) is 33.5 Å². The molecule has 164 valence electrons. The number of amides is 2. The van der Waals surface area contributed by atoms with E-state index in [4.69, 9.17) is 9.47 Å². The van der Waals surface area contributed by atoms with Crippen LogP contribution in [-0.4, -0.2) is 18.6 Å². The van der Waals surface area contributed by atoms with Crippen LogP contribution < -0.4 is 20.1 Å². The van der Waals surface area contributed by atoms with Gasteiger partial charge in [0, 0.05) is 16.1 Å². The lowest BCUT2D eigenvalue weighted by Crippen LogP contribution is -2.14. The third-order valence-corrected chi connectivity index (χ3v) is 6.90. The predicted molar refractivity (Wildman–Crippen MR) is 120 cm³/mol. The summed E-state index contributed by atoms with van der Waals surface area (Å²) in [6.45, 7) is 2.33. The summed E-state index contributed by atoms with van der Waals surface area (Å²) in [7, 11) is 0. The molecular weight excluding hydrogens is 431 g/mol. The summed E-state index contributed by atoms with van der Waals surface area (Å²) in [5, 5.41) is 5.37. The molecule has 0 radical (unpaired) electrons. The molecule has 0 spiro atoms. The average Bonchev–Trinajstić information content (AvgIpc) is 3.41. The lowest BCUT2D eigenvalue weighted by Gasteiger charge is -2.16. The Labute approximate surface area is 188 Å². The molecule has 2 heterocycles. The topological polar surface area (TPSA) is 76.7 Å². The van der Waals surface area contributed by atoms with Crippen LogP contribution in [0.25, 0.3) is 0 Å². The van der Waals surface area contributed by atoms with Crippen molar-refractivity contribution in [2.75, 3.05) is 17.4 Å². The zero-order valence-electron chi connectivity index (χ0n) is 17.4. The number of anilines is 2. The number of fused-ring (bicyclic) bond motifs is 2. The molecule has 8 heteroatoms. The fourth-order valence-corrected chi connectivity index (χ4v) is 5.05. The number of thiophene rings is 1. The number of ether oxygens (including phenoxy) is 2. The minimum Gasteiger partial charge on any atom is -0.454 e. The fourth-order valence-electron chi connectivity index (χ4n) is 3.94. The van der Waals surface area contributed by atoms with Crippen LogP contribution in [0.2, 0.25) is 0 Å². The highest BCUT2D eigenvalue weighted by molar-refractivity contribution is 7.14. The molecule has 2 N–H and O–H groups in total. The Morgan fingerprint density at radius 2 is 1.88 bits per heavy atom. The molecule has 1 aromatic heterocycles. The quantitative estimate of drug-likeness (QED) is 0.567. The summed E-state index contributed by atoms with van der Waals surface area (Å²) >= 11 is 1.47. The van der Waals surface area contributed by atoms with Crippen LogP contribution in [-0.2, 0) is 12.8 Å². The number of hydrogen-bond acceptors (Lipinski definition) is 5. The lowest BCUT2D eigenvalue weighted by molar-refractivity contribution is 0.102. The van der Waals surface area contributed by atoms with Crippen LogP contribution in [0.5, 0.6) is 11.5 Å². The van der Waals surface area contributed by atoms with E-state index in [1.54, 1.807) is 18.2 Å². The number of carbonyl (C=O) groups excluding carboxylic acids is 2. The van der Waals surface area contributed by atoms with E-state index >= 15 is 0 Å². The minimum atomic E-state index is -0.575. The van der Waals surface area contributed by atoms with Crippen LogP contribution in [0, 0.1) is 11.7 Å². The average molecular weight is 453 g/mol. The molecular formula is C24H21FN2O4S. The van der Waals surface area contributed by atoms with Crippen molar-refractivity contribution in [1.29, 1.82) is 0 Å². The number of nitrogens with one attached hydrogen (secondary N) is 2.